The second-order valence-electron chi connectivity index (χ2n) is 5.57. The van der Waals surface area contributed by atoms with Crippen molar-refractivity contribution >= 4 is 0 Å². The minimum absolute atomic E-state index is 0.232. The molecule has 1 N–H and O–H groups in total. The average molecular weight is 272 g/mol. The highest BCUT2D eigenvalue weighted by atomic mass is 16.3. The van der Waals surface area contributed by atoms with Gasteiger partial charge in [0.25, 0.3) is 0 Å². The monoisotopic (exact) mass is 272 g/mol. The van der Waals surface area contributed by atoms with Crippen LogP contribution in [-0.4, -0.2) is 24.9 Å². The Labute approximate surface area is 118 Å². The lowest BCUT2D eigenvalue weighted by Crippen LogP contribution is -2.41. The number of hydrogen-bond acceptors (Lipinski definition) is 4. The van der Waals surface area contributed by atoms with Gasteiger partial charge in [0.2, 0.25) is 0 Å². The highest BCUT2D eigenvalue weighted by Gasteiger charge is 2.40. The number of rotatable bonds is 4. The Kier molecular flexibility index (Phi) is 3.78. The summed E-state index contributed by atoms with van der Waals surface area (Å²) in [5.74, 6) is 0.232. The molecule has 3 rings (SSSR count). The second kappa shape index (κ2) is 5.71. The van der Waals surface area contributed by atoms with E-state index < -0.39 is 5.60 Å². The van der Waals surface area contributed by atoms with Gasteiger partial charge in [0, 0.05) is 6.20 Å². The van der Waals surface area contributed by atoms with E-state index in [1.165, 1.54) is 25.6 Å². The molecule has 2 aromatic rings. The average Bonchev–Trinajstić information content (AvgIpc) is 3.02. The van der Waals surface area contributed by atoms with E-state index in [0.29, 0.717) is 6.54 Å². The smallest absolute Gasteiger partial charge is 0.137 e. The molecule has 2 heterocycles. The standard InChI is InChI=1S/C15H20N4O/c20-15(10-19-12-16-11-18-19,13-6-2-1-3-7-13)14-8-4-5-9-17-14/h4-5,8-9,11-13,20H,1-3,6-7,10H2/t15-/m0/s1. The van der Waals surface area contributed by atoms with Crippen molar-refractivity contribution in [2.24, 2.45) is 5.92 Å². The van der Waals surface area contributed by atoms with Gasteiger partial charge < -0.3 is 5.11 Å². The number of hydrogen-bond donors (Lipinski definition) is 1. The zero-order valence-corrected chi connectivity index (χ0v) is 11.5. The van der Waals surface area contributed by atoms with Crippen LogP contribution in [0.1, 0.15) is 37.8 Å². The van der Waals surface area contributed by atoms with Crippen molar-refractivity contribution in [3.63, 3.8) is 0 Å². The molecule has 106 valence electrons. The maximum Gasteiger partial charge on any atom is 0.137 e. The summed E-state index contributed by atoms with van der Waals surface area (Å²) in [4.78, 5) is 8.36. The maximum atomic E-state index is 11.3. The van der Waals surface area contributed by atoms with Crippen LogP contribution in [-0.2, 0) is 12.1 Å². The van der Waals surface area contributed by atoms with Crippen LogP contribution < -0.4 is 0 Å². The quantitative estimate of drug-likeness (QED) is 0.926. The van der Waals surface area contributed by atoms with Crippen molar-refractivity contribution in [2.45, 2.75) is 44.2 Å². The fourth-order valence-electron chi connectivity index (χ4n) is 3.18. The molecular weight excluding hydrogens is 252 g/mol. The summed E-state index contributed by atoms with van der Waals surface area (Å²) in [6.45, 7) is 0.411. The summed E-state index contributed by atoms with van der Waals surface area (Å²) in [6, 6.07) is 5.71. The molecule has 1 aliphatic carbocycles. The van der Waals surface area contributed by atoms with Gasteiger partial charge in [0.15, 0.2) is 0 Å². The fraction of sp³-hybridized carbons (Fsp3) is 0.533. The van der Waals surface area contributed by atoms with Gasteiger partial charge >= 0.3 is 0 Å². The van der Waals surface area contributed by atoms with Crippen LogP contribution in [0.3, 0.4) is 0 Å². The van der Waals surface area contributed by atoms with Gasteiger partial charge in [0.05, 0.1) is 12.2 Å². The SMILES string of the molecule is O[C@](Cn1cncn1)(c1ccccn1)C1CCCCC1. The van der Waals surface area contributed by atoms with Crippen LogP contribution in [0.4, 0.5) is 0 Å². The van der Waals surface area contributed by atoms with Crippen LogP contribution in [0, 0.1) is 5.92 Å². The molecule has 0 aliphatic heterocycles. The van der Waals surface area contributed by atoms with E-state index in [0.717, 1.165) is 18.5 Å². The van der Waals surface area contributed by atoms with Gasteiger partial charge in [-0.25, -0.2) is 9.67 Å². The van der Waals surface area contributed by atoms with Crippen molar-refractivity contribution in [3.05, 3.63) is 42.7 Å². The third-order valence-electron chi connectivity index (χ3n) is 4.26. The van der Waals surface area contributed by atoms with E-state index >= 15 is 0 Å². The van der Waals surface area contributed by atoms with Crippen molar-refractivity contribution < 1.29 is 5.11 Å². The molecule has 1 saturated carbocycles. The summed E-state index contributed by atoms with van der Waals surface area (Å²) in [7, 11) is 0. The second-order valence-corrected chi connectivity index (χ2v) is 5.57. The molecule has 1 atom stereocenters. The molecule has 0 unspecified atom stereocenters. The Morgan fingerprint density at radius 1 is 1.25 bits per heavy atom. The molecule has 0 spiro atoms. The van der Waals surface area contributed by atoms with Crippen LogP contribution in [0.25, 0.3) is 0 Å². The first-order valence-corrected chi connectivity index (χ1v) is 7.25. The molecule has 5 nitrogen and oxygen atoms in total. The molecule has 0 radical (unpaired) electrons. The Hall–Kier alpha value is -1.75. The van der Waals surface area contributed by atoms with Gasteiger partial charge in [-0.2, -0.15) is 5.10 Å². The Morgan fingerprint density at radius 2 is 2.10 bits per heavy atom. The summed E-state index contributed by atoms with van der Waals surface area (Å²) >= 11 is 0. The Morgan fingerprint density at radius 3 is 2.75 bits per heavy atom. The molecule has 5 heteroatoms. The number of pyridine rings is 1. The predicted molar refractivity (Wildman–Crippen MR) is 74.7 cm³/mol. The van der Waals surface area contributed by atoms with Crippen LogP contribution in [0.5, 0.6) is 0 Å². The van der Waals surface area contributed by atoms with E-state index in [4.69, 9.17) is 0 Å². The van der Waals surface area contributed by atoms with Crippen LogP contribution in [0.2, 0.25) is 0 Å². The topological polar surface area (TPSA) is 63.8 Å². The van der Waals surface area contributed by atoms with Gasteiger partial charge in [0.1, 0.15) is 18.3 Å². The first-order valence-electron chi connectivity index (χ1n) is 7.25. The highest BCUT2D eigenvalue weighted by molar-refractivity contribution is 5.14. The lowest BCUT2D eigenvalue weighted by Gasteiger charge is -2.37. The summed E-state index contributed by atoms with van der Waals surface area (Å²) < 4.78 is 1.70. The first kappa shape index (κ1) is 13.2. The van der Waals surface area contributed by atoms with E-state index in [9.17, 15) is 5.11 Å². The molecule has 2 aromatic heterocycles. The molecule has 1 fully saturated rings. The zero-order chi connectivity index (χ0) is 13.8. The normalized spacial score (nSPS) is 19.6. The van der Waals surface area contributed by atoms with E-state index in [2.05, 4.69) is 15.1 Å². The molecular formula is C15H20N4O. The number of nitrogens with zero attached hydrogens (tertiary/aromatic N) is 4. The largest absolute Gasteiger partial charge is 0.381 e. The van der Waals surface area contributed by atoms with Gasteiger partial charge in [-0.15, -0.1) is 0 Å². The lowest BCUT2D eigenvalue weighted by molar-refractivity contribution is -0.0592. The molecule has 0 saturated heterocycles. The van der Waals surface area contributed by atoms with Crippen molar-refractivity contribution in [2.75, 3.05) is 0 Å². The Balaban J connectivity index is 1.93. The summed E-state index contributed by atoms with van der Waals surface area (Å²) in [6.07, 6.45) is 10.6. The maximum absolute atomic E-state index is 11.3. The number of aliphatic hydroxyl groups is 1. The Bertz CT molecular complexity index is 522. The fourth-order valence-corrected chi connectivity index (χ4v) is 3.18. The van der Waals surface area contributed by atoms with Crippen LogP contribution in [0.15, 0.2) is 37.1 Å². The minimum Gasteiger partial charge on any atom is -0.381 e. The summed E-state index contributed by atoms with van der Waals surface area (Å²) in [5, 5.41) is 15.5. The predicted octanol–water partition coefficient (Wildman–Crippen LogP) is 2.14. The van der Waals surface area contributed by atoms with Crippen molar-refractivity contribution in [1.29, 1.82) is 0 Å². The lowest BCUT2D eigenvalue weighted by atomic mass is 9.75. The van der Waals surface area contributed by atoms with Gasteiger partial charge in [-0.3, -0.25) is 4.98 Å². The van der Waals surface area contributed by atoms with Crippen molar-refractivity contribution in [3.8, 4) is 0 Å². The molecule has 20 heavy (non-hydrogen) atoms. The van der Waals surface area contributed by atoms with Gasteiger partial charge in [-0.1, -0.05) is 25.3 Å². The number of aromatic nitrogens is 4. The molecule has 1 aliphatic rings. The molecule has 0 bridgehead atoms. The third-order valence-corrected chi connectivity index (χ3v) is 4.26. The summed E-state index contributed by atoms with van der Waals surface area (Å²) in [5.41, 5.74) is -0.225. The van der Waals surface area contributed by atoms with Gasteiger partial charge in [-0.05, 0) is 30.9 Å². The zero-order valence-electron chi connectivity index (χ0n) is 11.5. The van der Waals surface area contributed by atoms with E-state index in [-0.39, 0.29) is 5.92 Å². The van der Waals surface area contributed by atoms with Crippen LogP contribution >= 0.6 is 0 Å². The third kappa shape index (κ3) is 2.58. The molecule has 0 aromatic carbocycles. The van der Waals surface area contributed by atoms with Crippen molar-refractivity contribution in [1.82, 2.24) is 19.7 Å². The first-order chi connectivity index (χ1) is 9.79. The highest BCUT2D eigenvalue weighted by Crippen LogP contribution is 2.39. The minimum atomic E-state index is -0.963. The molecule has 0 amide bonds. The van der Waals surface area contributed by atoms with E-state index in [1.807, 2.05) is 18.2 Å². The van der Waals surface area contributed by atoms with E-state index in [1.54, 1.807) is 17.2 Å².